The molecule has 0 saturated carbocycles. The number of amides is 1. The summed E-state index contributed by atoms with van der Waals surface area (Å²) >= 11 is 1.64. The van der Waals surface area contributed by atoms with Gasteiger partial charge >= 0.3 is 0 Å². The van der Waals surface area contributed by atoms with Crippen molar-refractivity contribution in [1.29, 1.82) is 0 Å². The monoisotopic (exact) mass is 316 g/mol. The summed E-state index contributed by atoms with van der Waals surface area (Å²) in [6, 6.07) is 2.07. The maximum absolute atomic E-state index is 12.7. The minimum absolute atomic E-state index is 0.0913. The van der Waals surface area contributed by atoms with Crippen LogP contribution in [-0.4, -0.2) is 20.3 Å². The van der Waals surface area contributed by atoms with Gasteiger partial charge in [-0.15, -0.1) is 17.9 Å². The molecule has 2 N–H and O–H groups in total. The van der Waals surface area contributed by atoms with Crippen molar-refractivity contribution in [2.75, 3.05) is 0 Å². The molecule has 1 amide bonds. The van der Waals surface area contributed by atoms with E-state index < -0.39 is 5.91 Å². The molecule has 3 rings (SSSR count). The van der Waals surface area contributed by atoms with Crippen molar-refractivity contribution in [3.05, 3.63) is 40.1 Å². The lowest BCUT2D eigenvalue weighted by atomic mass is 10.3. The van der Waals surface area contributed by atoms with Crippen LogP contribution in [0.4, 0.5) is 0 Å². The predicted octanol–water partition coefficient (Wildman–Crippen LogP) is 1.78. The molecular formula is C15H16N4O2S. The van der Waals surface area contributed by atoms with E-state index in [2.05, 4.69) is 17.7 Å². The normalized spacial score (nSPS) is 11.3. The van der Waals surface area contributed by atoms with Gasteiger partial charge in [0, 0.05) is 23.2 Å². The molecule has 3 heterocycles. The number of aryl methyl sites for hydroxylation is 2. The Morgan fingerprint density at radius 1 is 1.55 bits per heavy atom. The number of thiophene rings is 1. The first kappa shape index (κ1) is 14.5. The van der Waals surface area contributed by atoms with E-state index in [0.717, 1.165) is 15.6 Å². The quantitative estimate of drug-likeness (QED) is 0.728. The summed E-state index contributed by atoms with van der Waals surface area (Å²) in [7, 11) is 0. The number of nitrogens with two attached hydrogens (primary N) is 1. The van der Waals surface area contributed by atoms with Crippen LogP contribution in [-0.2, 0) is 17.9 Å². The molecule has 6 nitrogen and oxygen atoms in total. The highest BCUT2D eigenvalue weighted by Crippen LogP contribution is 2.33. The Balaban J connectivity index is 2.28. The van der Waals surface area contributed by atoms with Crippen LogP contribution in [0.1, 0.15) is 11.3 Å². The topological polar surface area (TPSA) is 82.9 Å². The molecule has 3 aromatic heterocycles. The zero-order valence-corrected chi connectivity index (χ0v) is 13.0. The van der Waals surface area contributed by atoms with Gasteiger partial charge in [-0.1, -0.05) is 6.08 Å². The van der Waals surface area contributed by atoms with Gasteiger partial charge in [-0.3, -0.25) is 9.59 Å². The summed E-state index contributed by atoms with van der Waals surface area (Å²) in [5.74, 6) is -0.452. The van der Waals surface area contributed by atoms with Gasteiger partial charge in [0.05, 0.1) is 23.0 Å². The highest BCUT2D eigenvalue weighted by Gasteiger charge is 2.17. The molecule has 0 aliphatic rings. The fraction of sp³-hybridized carbons (Fsp3) is 0.267. The number of carbonyl (C=O) groups is 1. The van der Waals surface area contributed by atoms with Gasteiger partial charge in [-0.05, 0) is 13.0 Å². The zero-order valence-electron chi connectivity index (χ0n) is 12.2. The third kappa shape index (κ3) is 2.23. The van der Waals surface area contributed by atoms with Crippen LogP contribution >= 0.6 is 11.3 Å². The molecule has 0 unspecified atom stereocenters. The average Bonchev–Trinajstić information content (AvgIpc) is 2.96. The Morgan fingerprint density at radius 3 is 3.00 bits per heavy atom. The summed E-state index contributed by atoms with van der Waals surface area (Å²) in [5, 5.41) is 5.02. The van der Waals surface area contributed by atoms with Gasteiger partial charge in [0.25, 0.3) is 5.56 Å². The lowest BCUT2D eigenvalue weighted by Crippen LogP contribution is -2.26. The molecule has 114 valence electrons. The van der Waals surface area contributed by atoms with Crippen LogP contribution < -0.4 is 11.3 Å². The zero-order chi connectivity index (χ0) is 15.9. The molecular weight excluding hydrogens is 300 g/mol. The fourth-order valence-corrected chi connectivity index (χ4v) is 3.64. The molecule has 0 atom stereocenters. The van der Waals surface area contributed by atoms with Crippen molar-refractivity contribution in [1.82, 2.24) is 14.3 Å². The number of fused-ring (bicyclic) bond motifs is 3. The lowest BCUT2D eigenvalue weighted by molar-refractivity contribution is -0.118. The van der Waals surface area contributed by atoms with Gasteiger partial charge in [0.15, 0.2) is 0 Å². The van der Waals surface area contributed by atoms with Crippen molar-refractivity contribution in [3.63, 3.8) is 0 Å². The Labute approximate surface area is 130 Å². The SMILES string of the molecule is C=CCn1c2cc(C)sc2c2cnn(CCC(N)=O)c(=O)c21. The molecule has 0 aliphatic heterocycles. The van der Waals surface area contributed by atoms with Crippen LogP contribution in [0.3, 0.4) is 0 Å². The van der Waals surface area contributed by atoms with Crippen molar-refractivity contribution >= 4 is 38.4 Å². The van der Waals surface area contributed by atoms with E-state index in [1.165, 1.54) is 9.56 Å². The highest BCUT2D eigenvalue weighted by atomic mass is 32.1. The van der Waals surface area contributed by atoms with Crippen LogP contribution in [0.2, 0.25) is 0 Å². The lowest BCUT2D eigenvalue weighted by Gasteiger charge is -2.06. The van der Waals surface area contributed by atoms with Crippen LogP contribution in [0, 0.1) is 6.92 Å². The summed E-state index contributed by atoms with van der Waals surface area (Å²) in [6.07, 6.45) is 3.54. The molecule has 0 aromatic carbocycles. The average molecular weight is 316 g/mol. The molecule has 0 aliphatic carbocycles. The van der Waals surface area contributed by atoms with Crippen molar-refractivity contribution in [3.8, 4) is 0 Å². The third-order valence-corrected chi connectivity index (χ3v) is 4.61. The van der Waals surface area contributed by atoms with Gasteiger partial charge < -0.3 is 10.3 Å². The number of rotatable bonds is 5. The van der Waals surface area contributed by atoms with Crippen molar-refractivity contribution < 1.29 is 4.79 Å². The Morgan fingerprint density at radius 2 is 2.32 bits per heavy atom. The fourth-order valence-electron chi connectivity index (χ4n) is 2.61. The maximum atomic E-state index is 12.7. The van der Waals surface area contributed by atoms with Gasteiger partial charge in [-0.25, -0.2) is 4.68 Å². The van der Waals surface area contributed by atoms with E-state index in [1.54, 1.807) is 23.6 Å². The minimum atomic E-state index is -0.452. The summed E-state index contributed by atoms with van der Waals surface area (Å²) in [5.41, 5.74) is 6.55. The van der Waals surface area contributed by atoms with E-state index in [9.17, 15) is 9.59 Å². The van der Waals surface area contributed by atoms with Crippen molar-refractivity contribution in [2.45, 2.75) is 26.4 Å². The number of hydrogen-bond acceptors (Lipinski definition) is 4. The molecule has 3 aromatic rings. The summed E-state index contributed by atoms with van der Waals surface area (Å²) < 4.78 is 4.30. The predicted molar refractivity (Wildman–Crippen MR) is 88.1 cm³/mol. The van der Waals surface area contributed by atoms with E-state index in [4.69, 9.17) is 5.73 Å². The third-order valence-electron chi connectivity index (χ3n) is 3.54. The first-order valence-electron chi connectivity index (χ1n) is 6.90. The van der Waals surface area contributed by atoms with Crippen LogP contribution in [0.5, 0.6) is 0 Å². The molecule has 7 heteroatoms. The number of hydrogen-bond donors (Lipinski definition) is 1. The van der Waals surface area contributed by atoms with E-state index in [0.29, 0.717) is 12.1 Å². The van der Waals surface area contributed by atoms with Gasteiger partial charge in [0.2, 0.25) is 5.91 Å². The molecule has 0 bridgehead atoms. The molecule has 0 spiro atoms. The van der Waals surface area contributed by atoms with E-state index >= 15 is 0 Å². The number of aromatic nitrogens is 3. The molecule has 0 radical (unpaired) electrons. The smallest absolute Gasteiger partial charge is 0.291 e. The molecule has 0 fully saturated rings. The standard InChI is InChI=1S/C15H16N4O2S/c1-3-5-18-11-7-9(2)22-14(11)10-8-17-19(6-4-12(16)20)15(21)13(10)18/h3,7-8H,1,4-6H2,2H3,(H2,16,20). The van der Waals surface area contributed by atoms with E-state index in [-0.39, 0.29) is 18.5 Å². The Bertz CT molecular complexity index is 948. The second kappa shape index (κ2) is 5.42. The van der Waals surface area contributed by atoms with Gasteiger partial charge in [-0.2, -0.15) is 5.10 Å². The van der Waals surface area contributed by atoms with Crippen LogP contribution in [0.15, 0.2) is 29.7 Å². The maximum Gasteiger partial charge on any atom is 0.291 e. The first-order valence-corrected chi connectivity index (χ1v) is 7.72. The second-order valence-electron chi connectivity index (χ2n) is 5.12. The summed E-state index contributed by atoms with van der Waals surface area (Å²) in [4.78, 5) is 24.8. The second-order valence-corrected chi connectivity index (χ2v) is 6.38. The number of carbonyl (C=O) groups excluding carboxylic acids is 1. The number of nitrogens with zero attached hydrogens (tertiary/aromatic N) is 3. The summed E-state index contributed by atoms with van der Waals surface area (Å²) in [6.45, 7) is 6.54. The molecule has 0 saturated heterocycles. The number of allylic oxidation sites excluding steroid dienone is 1. The van der Waals surface area contributed by atoms with E-state index in [1.807, 2.05) is 11.5 Å². The van der Waals surface area contributed by atoms with Crippen LogP contribution in [0.25, 0.3) is 21.1 Å². The van der Waals surface area contributed by atoms with Crippen molar-refractivity contribution in [2.24, 2.45) is 5.73 Å². The number of primary amides is 1. The highest BCUT2D eigenvalue weighted by molar-refractivity contribution is 7.20. The first-order chi connectivity index (χ1) is 10.5. The molecule has 22 heavy (non-hydrogen) atoms. The largest absolute Gasteiger partial charge is 0.370 e. The minimum Gasteiger partial charge on any atom is -0.370 e. The Hall–Kier alpha value is -2.41. The van der Waals surface area contributed by atoms with Gasteiger partial charge in [0.1, 0.15) is 5.52 Å². The Kier molecular flexibility index (Phi) is 3.58.